The number of benzene rings is 3. The van der Waals surface area contributed by atoms with Crippen LogP contribution in [0, 0.1) is 18.3 Å². The standard InChI is InChI=1S/C29H22N2O2/c1-19-10-12-20(13-11-19)16-21-14-15-25-27(24-8-4-5-9-26(24)31-28(21)25)29(32)33-18-23-7-3-2-6-22(23)17-30/h2-13,16H,14-15,18H2,1H3. The molecular formula is C29H22N2O2. The molecule has 4 heteroatoms. The van der Waals surface area contributed by atoms with Crippen LogP contribution in [0.5, 0.6) is 0 Å². The highest BCUT2D eigenvalue weighted by atomic mass is 16.5. The molecule has 33 heavy (non-hydrogen) atoms. The Morgan fingerprint density at radius 1 is 1.03 bits per heavy atom. The average molecular weight is 431 g/mol. The molecule has 0 radical (unpaired) electrons. The van der Waals surface area contributed by atoms with E-state index in [1.54, 1.807) is 12.1 Å². The third-order valence-electron chi connectivity index (χ3n) is 6.06. The Morgan fingerprint density at radius 2 is 1.79 bits per heavy atom. The number of rotatable bonds is 4. The van der Waals surface area contributed by atoms with Gasteiger partial charge in [-0.15, -0.1) is 0 Å². The van der Waals surface area contributed by atoms with Gasteiger partial charge in [0.15, 0.2) is 0 Å². The maximum atomic E-state index is 13.3. The van der Waals surface area contributed by atoms with E-state index < -0.39 is 0 Å². The van der Waals surface area contributed by atoms with Gasteiger partial charge in [0.25, 0.3) is 0 Å². The van der Waals surface area contributed by atoms with Crippen molar-refractivity contribution in [2.24, 2.45) is 0 Å². The molecule has 4 nitrogen and oxygen atoms in total. The SMILES string of the molecule is Cc1ccc(C=C2CCc3c2nc2ccccc2c3C(=O)OCc2ccccc2C#N)cc1. The van der Waals surface area contributed by atoms with Crippen molar-refractivity contribution in [1.82, 2.24) is 4.98 Å². The van der Waals surface area contributed by atoms with Crippen molar-refractivity contribution in [3.8, 4) is 6.07 Å². The number of nitrogens with zero attached hydrogens (tertiary/aromatic N) is 2. The Bertz CT molecular complexity index is 1440. The first-order valence-corrected chi connectivity index (χ1v) is 11.0. The predicted octanol–water partition coefficient (Wildman–Crippen LogP) is 6.26. The van der Waals surface area contributed by atoms with Crippen LogP contribution in [0.15, 0.2) is 72.8 Å². The molecule has 0 saturated heterocycles. The van der Waals surface area contributed by atoms with Crippen LogP contribution in [-0.2, 0) is 17.8 Å². The number of pyridine rings is 1. The number of aryl methyl sites for hydroxylation is 1. The molecule has 0 saturated carbocycles. The molecule has 1 aromatic heterocycles. The minimum Gasteiger partial charge on any atom is -0.457 e. The average Bonchev–Trinajstić information content (AvgIpc) is 3.24. The van der Waals surface area contributed by atoms with E-state index in [0.717, 1.165) is 46.1 Å². The van der Waals surface area contributed by atoms with E-state index in [0.29, 0.717) is 16.7 Å². The number of fused-ring (bicyclic) bond motifs is 2. The number of para-hydroxylation sites is 1. The van der Waals surface area contributed by atoms with Crippen LogP contribution in [0.3, 0.4) is 0 Å². The van der Waals surface area contributed by atoms with Crippen LogP contribution in [0.2, 0.25) is 0 Å². The second-order valence-electron chi connectivity index (χ2n) is 8.26. The Labute approximate surface area is 192 Å². The molecule has 5 rings (SSSR count). The van der Waals surface area contributed by atoms with Gasteiger partial charge >= 0.3 is 5.97 Å². The number of hydrogen-bond acceptors (Lipinski definition) is 4. The predicted molar refractivity (Wildman–Crippen MR) is 129 cm³/mol. The molecule has 0 bridgehead atoms. The van der Waals surface area contributed by atoms with E-state index in [-0.39, 0.29) is 12.6 Å². The minimum absolute atomic E-state index is 0.0556. The summed E-state index contributed by atoms with van der Waals surface area (Å²) in [5.41, 5.74) is 7.84. The van der Waals surface area contributed by atoms with Gasteiger partial charge in [-0.3, -0.25) is 0 Å². The van der Waals surface area contributed by atoms with Gasteiger partial charge in [-0.2, -0.15) is 5.26 Å². The molecule has 0 amide bonds. The molecule has 0 spiro atoms. The topological polar surface area (TPSA) is 63.0 Å². The molecule has 1 aliphatic rings. The summed E-state index contributed by atoms with van der Waals surface area (Å²) < 4.78 is 5.72. The summed E-state index contributed by atoms with van der Waals surface area (Å²) in [6.45, 7) is 2.13. The fourth-order valence-electron chi connectivity index (χ4n) is 4.35. The van der Waals surface area contributed by atoms with Crippen molar-refractivity contribution in [3.05, 3.63) is 112 Å². The number of carbonyl (C=O) groups excluding carboxylic acids is 1. The number of allylic oxidation sites excluding steroid dienone is 1. The zero-order valence-corrected chi connectivity index (χ0v) is 18.3. The van der Waals surface area contributed by atoms with E-state index in [1.807, 2.05) is 36.4 Å². The number of ether oxygens (including phenoxy) is 1. The van der Waals surface area contributed by atoms with Gasteiger partial charge in [0, 0.05) is 10.9 Å². The molecular weight excluding hydrogens is 408 g/mol. The summed E-state index contributed by atoms with van der Waals surface area (Å²) in [7, 11) is 0. The zero-order chi connectivity index (χ0) is 22.8. The van der Waals surface area contributed by atoms with Gasteiger partial charge in [0.05, 0.1) is 28.4 Å². The number of nitriles is 1. The van der Waals surface area contributed by atoms with Crippen LogP contribution in [0.1, 0.15) is 50.3 Å². The van der Waals surface area contributed by atoms with E-state index >= 15 is 0 Å². The van der Waals surface area contributed by atoms with Crippen molar-refractivity contribution in [1.29, 1.82) is 5.26 Å². The van der Waals surface area contributed by atoms with Gasteiger partial charge in [0.1, 0.15) is 6.61 Å². The lowest BCUT2D eigenvalue weighted by Gasteiger charge is -2.13. The monoisotopic (exact) mass is 430 g/mol. The van der Waals surface area contributed by atoms with E-state index in [1.165, 1.54) is 5.56 Å². The number of carbonyl (C=O) groups is 1. The second-order valence-corrected chi connectivity index (χ2v) is 8.26. The third kappa shape index (κ3) is 4.02. The quantitative estimate of drug-likeness (QED) is 0.359. The lowest BCUT2D eigenvalue weighted by Crippen LogP contribution is -2.11. The van der Waals surface area contributed by atoms with E-state index in [4.69, 9.17) is 9.72 Å². The van der Waals surface area contributed by atoms with Crippen molar-refractivity contribution >= 4 is 28.5 Å². The second kappa shape index (κ2) is 8.72. The summed E-state index contributed by atoms with van der Waals surface area (Å²) in [4.78, 5) is 18.3. The first kappa shape index (κ1) is 20.7. The molecule has 160 valence electrons. The largest absolute Gasteiger partial charge is 0.457 e. The molecule has 1 heterocycles. The fraction of sp³-hybridized carbons (Fsp3) is 0.138. The van der Waals surface area contributed by atoms with Crippen molar-refractivity contribution in [2.45, 2.75) is 26.4 Å². The first-order chi connectivity index (χ1) is 16.1. The highest BCUT2D eigenvalue weighted by molar-refractivity contribution is 6.07. The molecule has 0 atom stereocenters. The number of esters is 1. The normalized spacial score (nSPS) is 13.6. The van der Waals surface area contributed by atoms with Gasteiger partial charge in [-0.05, 0) is 54.7 Å². The van der Waals surface area contributed by atoms with Gasteiger partial charge in [0.2, 0.25) is 0 Å². The van der Waals surface area contributed by atoms with Crippen molar-refractivity contribution < 1.29 is 9.53 Å². The minimum atomic E-state index is -0.380. The molecule has 1 aliphatic carbocycles. The number of hydrogen-bond donors (Lipinski definition) is 0. The Hall–Kier alpha value is -4.23. The zero-order valence-electron chi connectivity index (χ0n) is 18.3. The molecule has 4 aromatic rings. The molecule has 3 aromatic carbocycles. The smallest absolute Gasteiger partial charge is 0.339 e. The van der Waals surface area contributed by atoms with Crippen molar-refractivity contribution in [3.63, 3.8) is 0 Å². The maximum Gasteiger partial charge on any atom is 0.339 e. The van der Waals surface area contributed by atoms with Crippen LogP contribution < -0.4 is 0 Å². The third-order valence-corrected chi connectivity index (χ3v) is 6.06. The lowest BCUT2D eigenvalue weighted by atomic mass is 10.0. The van der Waals surface area contributed by atoms with Gasteiger partial charge in [-0.1, -0.05) is 66.2 Å². The van der Waals surface area contributed by atoms with Crippen LogP contribution in [-0.4, -0.2) is 11.0 Å². The van der Waals surface area contributed by atoms with E-state index in [9.17, 15) is 10.1 Å². The summed E-state index contributed by atoms with van der Waals surface area (Å²) >= 11 is 0. The maximum absolute atomic E-state index is 13.3. The number of aromatic nitrogens is 1. The molecule has 0 aliphatic heterocycles. The summed E-state index contributed by atoms with van der Waals surface area (Å²) in [5, 5.41) is 10.1. The Kier molecular flexibility index (Phi) is 5.46. The first-order valence-electron chi connectivity index (χ1n) is 11.0. The molecule has 0 fully saturated rings. The molecule has 0 unspecified atom stereocenters. The Balaban J connectivity index is 1.54. The molecule has 0 N–H and O–H groups in total. The summed E-state index contributed by atoms with van der Waals surface area (Å²) in [6.07, 6.45) is 3.72. The van der Waals surface area contributed by atoms with Crippen molar-refractivity contribution in [2.75, 3.05) is 0 Å². The summed E-state index contributed by atoms with van der Waals surface area (Å²) in [6, 6.07) is 25.4. The highest BCUT2D eigenvalue weighted by Crippen LogP contribution is 2.38. The van der Waals surface area contributed by atoms with Gasteiger partial charge < -0.3 is 4.74 Å². The highest BCUT2D eigenvalue weighted by Gasteiger charge is 2.27. The van der Waals surface area contributed by atoms with Gasteiger partial charge in [-0.25, -0.2) is 9.78 Å². The van der Waals surface area contributed by atoms with Crippen LogP contribution >= 0.6 is 0 Å². The van der Waals surface area contributed by atoms with Crippen LogP contribution in [0.4, 0.5) is 0 Å². The fourth-order valence-corrected chi connectivity index (χ4v) is 4.35. The lowest BCUT2D eigenvalue weighted by molar-refractivity contribution is 0.0473. The summed E-state index contributed by atoms with van der Waals surface area (Å²) in [5.74, 6) is -0.380. The van der Waals surface area contributed by atoms with E-state index in [2.05, 4.69) is 43.3 Å². The Morgan fingerprint density at radius 3 is 2.61 bits per heavy atom. The van der Waals surface area contributed by atoms with Crippen LogP contribution in [0.25, 0.3) is 22.6 Å².